The van der Waals surface area contributed by atoms with Gasteiger partial charge in [0, 0.05) is 22.8 Å². The van der Waals surface area contributed by atoms with Gasteiger partial charge in [-0.2, -0.15) is 4.37 Å². The molecule has 0 fully saturated rings. The van der Waals surface area contributed by atoms with Crippen molar-refractivity contribution in [2.24, 2.45) is 0 Å². The van der Waals surface area contributed by atoms with Crippen molar-refractivity contribution < 1.29 is 0 Å². The first-order valence-electron chi connectivity index (χ1n) is 4.70. The van der Waals surface area contributed by atoms with Crippen LogP contribution in [0.3, 0.4) is 0 Å². The number of hydrogen-bond acceptors (Lipinski definition) is 6. The van der Waals surface area contributed by atoms with Crippen LogP contribution in [0.1, 0.15) is 31.3 Å². The Bertz CT molecular complexity index is 407. The summed E-state index contributed by atoms with van der Waals surface area (Å²) in [6, 6.07) is 0. The summed E-state index contributed by atoms with van der Waals surface area (Å²) in [5.74, 6) is 1.29. The van der Waals surface area contributed by atoms with Gasteiger partial charge in [-0.15, -0.1) is 11.3 Å². The molecule has 0 saturated heterocycles. The van der Waals surface area contributed by atoms with Gasteiger partial charge in [0.15, 0.2) is 0 Å². The van der Waals surface area contributed by atoms with Crippen molar-refractivity contribution in [3.8, 4) is 0 Å². The lowest BCUT2D eigenvalue weighted by atomic mass is 10.2. The Labute approximate surface area is 96.6 Å². The molecule has 0 radical (unpaired) electrons. The summed E-state index contributed by atoms with van der Waals surface area (Å²) in [7, 11) is 0. The number of rotatable bonds is 4. The first-order chi connectivity index (χ1) is 7.25. The van der Waals surface area contributed by atoms with E-state index in [4.69, 9.17) is 0 Å². The minimum Gasteiger partial charge on any atom is -0.355 e. The van der Waals surface area contributed by atoms with E-state index in [2.05, 4.69) is 33.5 Å². The highest BCUT2D eigenvalue weighted by atomic mass is 32.1. The summed E-state index contributed by atoms with van der Waals surface area (Å²) in [6.45, 7) is 4.90. The van der Waals surface area contributed by atoms with Crippen LogP contribution in [0.25, 0.3) is 0 Å². The molecule has 4 nitrogen and oxygen atoms in total. The van der Waals surface area contributed by atoms with Gasteiger partial charge in [-0.1, -0.05) is 13.8 Å². The summed E-state index contributed by atoms with van der Waals surface area (Å²) in [6.07, 6.45) is 0. The van der Waals surface area contributed by atoms with E-state index in [1.807, 2.05) is 10.9 Å². The molecule has 0 bridgehead atoms. The van der Waals surface area contributed by atoms with Crippen LogP contribution in [0.5, 0.6) is 0 Å². The van der Waals surface area contributed by atoms with Crippen molar-refractivity contribution in [2.75, 3.05) is 5.32 Å². The van der Waals surface area contributed by atoms with Gasteiger partial charge in [-0.25, -0.2) is 9.97 Å². The van der Waals surface area contributed by atoms with Crippen LogP contribution in [0.2, 0.25) is 0 Å². The third-order valence-corrected chi connectivity index (χ3v) is 3.18. The maximum Gasteiger partial charge on any atom is 0.202 e. The summed E-state index contributed by atoms with van der Waals surface area (Å²) >= 11 is 3.00. The predicted molar refractivity (Wildman–Crippen MR) is 63.4 cm³/mol. The minimum absolute atomic E-state index is 0.385. The van der Waals surface area contributed by atoms with E-state index < -0.39 is 0 Å². The summed E-state index contributed by atoms with van der Waals surface area (Å²) in [4.78, 5) is 8.57. The molecular weight excluding hydrogens is 228 g/mol. The molecule has 0 unspecified atom stereocenters. The Morgan fingerprint density at radius 2 is 2.33 bits per heavy atom. The molecule has 0 aliphatic rings. The third kappa shape index (κ3) is 2.73. The maximum absolute atomic E-state index is 4.38. The highest BCUT2D eigenvalue weighted by Gasteiger charge is 2.07. The zero-order valence-electron chi connectivity index (χ0n) is 8.60. The monoisotopic (exact) mass is 240 g/mol. The van der Waals surface area contributed by atoms with Gasteiger partial charge in [0.25, 0.3) is 0 Å². The van der Waals surface area contributed by atoms with Crippen molar-refractivity contribution in [3.63, 3.8) is 0 Å². The topological polar surface area (TPSA) is 50.7 Å². The largest absolute Gasteiger partial charge is 0.355 e. The molecule has 80 valence electrons. The van der Waals surface area contributed by atoms with Crippen LogP contribution in [0.4, 0.5) is 5.13 Å². The van der Waals surface area contributed by atoms with Crippen LogP contribution in [-0.4, -0.2) is 14.3 Å². The normalized spacial score (nSPS) is 10.9. The van der Waals surface area contributed by atoms with Gasteiger partial charge in [0.2, 0.25) is 5.13 Å². The highest BCUT2D eigenvalue weighted by Crippen LogP contribution is 2.17. The minimum atomic E-state index is 0.385. The zero-order valence-corrected chi connectivity index (χ0v) is 10.2. The number of thiazole rings is 1. The Kier molecular flexibility index (Phi) is 3.27. The summed E-state index contributed by atoms with van der Waals surface area (Å²) in [5.41, 5.74) is 2.87. The maximum atomic E-state index is 4.38. The molecule has 0 aromatic carbocycles. The van der Waals surface area contributed by atoms with Gasteiger partial charge in [-0.3, -0.25) is 0 Å². The van der Waals surface area contributed by atoms with Gasteiger partial charge in [0.05, 0.1) is 17.7 Å². The standard InChI is InChI=1S/C9H12N4S2/c1-6(2)8-12-9(15-13-8)10-3-7-4-14-5-11-7/h4-6H,3H2,1-2H3,(H,10,12,13). The molecule has 15 heavy (non-hydrogen) atoms. The molecule has 2 aromatic rings. The average molecular weight is 240 g/mol. The van der Waals surface area contributed by atoms with Crippen molar-refractivity contribution in [3.05, 3.63) is 22.4 Å². The number of aromatic nitrogens is 3. The van der Waals surface area contributed by atoms with Gasteiger partial charge >= 0.3 is 0 Å². The fourth-order valence-corrected chi connectivity index (χ4v) is 2.29. The van der Waals surface area contributed by atoms with E-state index in [1.54, 1.807) is 11.3 Å². The molecule has 2 rings (SSSR count). The lowest BCUT2D eigenvalue weighted by Crippen LogP contribution is -1.99. The molecule has 0 spiro atoms. The molecule has 2 aromatic heterocycles. The Hall–Kier alpha value is -1.01. The number of nitrogens with zero attached hydrogens (tertiary/aromatic N) is 3. The zero-order chi connectivity index (χ0) is 10.7. The van der Waals surface area contributed by atoms with E-state index in [0.29, 0.717) is 5.92 Å². The smallest absolute Gasteiger partial charge is 0.202 e. The van der Waals surface area contributed by atoms with Crippen LogP contribution in [0, 0.1) is 0 Å². The quantitative estimate of drug-likeness (QED) is 0.892. The molecule has 0 saturated carbocycles. The Morgan fingerprint density at radius 3 is 2.93 bits per heavy atom. The van der Waals surface area contributed by atoms with Crippen molar-refractivity contribution >= 4 is 28.0 Å². The van der Waals surface area contributed by atoms with Crippen molar-refractivity contribution in [1.82, 2.24) is 14.3 Å². The van der Waals surface area contributed by atoms with E-state index in [-0.39, 0.29) is 0 Å². The first-order valence-corrected chi connectivity index (χ1v) is 6.42. The average Bonchev–Trinajstić information content (AvgIpc) is 2.86. The van der Waals surface area contributed by atoms with Crippen LogP contribution >= 0.6 is 22.9 Å². The second kappa shape index (κ2) is 4.67. The lowest BCUT2D eigenvalue weighted by molar-refractivity contribution is 0.799. The molecule has 0 aliphatic heterocycles. The van der Waals surface area contributed by atoms with Gasteiger partial charge in [-0.05, 0) is 0 Å². The molecule has 2 heterocycles. The van der Waals surface area contributed by atoms with Crippen molar-refractivity contribution in [2.45, 2.75) is 26.3 Å². The molecule has 0 atom stereocenters. The third-order valence-electron chi connectivity index (χ3n) is 1.86. The Morgan fingerprint density at radius 1 is 1.47 bits per heavy atom. The molecule has 0 amide bonds. The van der Waals surface area contributed by atoms with Crippen LogP contribution < -0.4 is 5.32 Å². The first kappa shape index (κ1) is 10.5. The number of nitrogens with one attached hydrogen (secondary N) is 1. The van der Waals surface area contributed by atoms with Crippen LogP contribution in [0.15, 0.2) is 10.9 Å². The molecule has 0 aliphatic carbocycles. The fraction of sp³-hybridized carbons (Fsp3) is 0.444. The lowest BCUT2D eigenvalue weighted by Gasteiger charge is -1.98. The van der Waals surface area contributed by atoms with Crippen molar-refractivity contribution in [1.29, 1.82) is 0 Å². The van der Waals surface area contributed by atoms with Gasteiger partial charge in [0.1, 0.15) is 5.82 Å². The second-order valence-electron chi connectivity index (χ2n) is 3.45. The predicted octanol–water partition coefficient (Wildman–Crippen LogP) is 2.73. The number of hydrogen-bond donors (Lipinski definition) is 1. The molecule has 1 N–H and O–H groups in total. The second-order valence-corrected chi connectivity index (χ2v) is 4.92. The Balaban J connectivity index is 1.94. The van der Waals surface area contributed by atoms with E-state index in [9.17, 15) is 0 Å². The fourth-order valence-electron chi connectivity index (χ4n) is 1.03. The molecular formula is C9H12N4S2. The van der Waals surface area contributed by atoms with E-state index in [1.165, 1.54) is 11.5 Å². The highest BCUT2D eigenvalue weighted by molar-refractivity contribution is 7.09. The van der Waals surface area contributed by atoms with Gasteiger partial charge < -0.3 is 5.32 Å². The summed E-state index contributed by atoms with van der Waals surface area (Å²) in [5, 5.41) is 6.10. The van der Waals surface area contributed by atoms with E-state index >= 15 is 0 Å². The van der Waals surface area contributed by atoms with E-state index in [0.717, 1.165) is 23.2 Å². The SMILES string of the molecule is CC(C)c1nsc(NCc2cscn2)n1. The number of anilines is 1. The van der Waals surface area contributed by atoms with Crippen LogP contribution in [-0.2, 0) is 6.54 Å². The molecule has 6 heteroatoms. The summed E-state index contributed by atoms with van der Waals surface area (Å²) < 4.78 is 4.27.